The summed E-state index contributed by atoms with van der Waals surface area (Å²) in [5.41, 5.74) is 3.41. The highest BCUT2D eigenvalue weighted by atomic mass is 79.9. The lowest BCUT2D eigenvalue weighted by atomic mass is 10.2. The van der Waals surface area contributed by atoms with E-state index in [1.165, 1.54) is 37.6 Å². The lowest BCUT2D eigenvalue weighted by molar-refractivity contribution is -0.384. The average molecular weight is 498 g/mol. The number of ether oxygens (including phenoxy) is 2. The van der Waals surface area contributed by atoms with Gasteiger partial charge in [-0.3, -0.25) is 14.9 Å². The number of nitro groups is 1. The SMILES string of the molecule is COc1cc(/C=N/NC(=O)c2ccc([N+](=O)[O-])cc2)ccc1OC(=O)c1ccc(Br)cc1. The van der Waals surface area contributed by atoms with E-state index in [-0.39, 0.29) is 17.0 Å². The Balaban J connectivity index is 1.65. The van der Waals surface area contributed by atoms with Crippen molar-refractivity contribution >= 4 is 39.7 Å². The van der Waals surface area contributed by atoms with Crippen molar-refractivity contribution in [3.8, 4) is 11.5 Å². The van der Waals surface area contributed by atoms with Gasteiger partial charge in [-0.15, -0.1) is 0 Å². The summed E-state index contributed by atoms with van der Waals surface area (Å²) in [6.45, 7) is 0. The highest BCUT2D eigenvalue weighted by Gasteiger charge is 2.13. The van der Waals surface area contributed by atoms with Crippen LogP contribution in [-0.4, -0.2) is 30.1 Å². The maximum atomic E-state index is 12.3. The van der Waals surface area contributed by atoms with Crippen molar-refractivity contribution in [1.29, 1.82) is 0 Å². The smallest absolute Gasteiger partial charge is 0.343 e. The molecule has 1 amide bonds. The van der Waals surface area contributed by atoms with Gasteiger partial charge in [0.2, 0.25) is 0 Å². The highest BCUT2D eigenvalue weighted by molar-refractivity contribution is 9.10. The van der Waals surface area contributed by atoms with E-state index in [1.54, 1.807) is 42.5 Å². The second-order valence-corrected chi connectivity index (χ2v) is 7.23. The Kier molecular flexibility index (Phi) is 7.29. The fraction of sp³-hybridized carbons (Fsp3) is 0.0455. The standard InChI is InChI=1S/C22H16BrN3O6/c1-31-20-12-14(2-11-19(20)32-22(28)16-3-7-17(23)8-4-16)13-24-25-21(27)15-5-9-18(10-6-15)26(29)30/h2-13H,1H3,(H,25,27)/b24-13+. The normalized spacial score (nSPS) is 10.6. The largest absolute Gasteiger partial charge is 0.493 e. The molecule has 32 heavy (non-hydrogen) atoms. The van der Waals surface area contributed by atoms with Gasteiger partial charge in [0.05, 0.1) is 23.8 Å². The van der Waals surface area contributed by atoms with E-state index in [1.807, 2.05) is 0 Å². The van der Waals surface area contributed by atoms with Crippen molar-refractivity contribution in [3.05, 3.63) is 98.0 Å². The van der Waals surface area contributed by atoms with Gasteiger partial charge in [-0.25, -0.2) is 10.2 Å². The molecule has 0 aliphatic rings. The number of nitrogens with zero attached hydrogens (tertiary/aromatic N) is 2. The van der Waals surface area contributed by atoms with Gasteiger partial charge in [0.25, 0.3) is 11.6 Å². The van der Waals surface area contributed by atoms with Crippen LogP contribution in [0.25, 0.3) is 0 Å². The number of non-ortho nitro benzene ring substituents is 1. The van der Waals surface area contributed by atoms with Crippen LogP contribution in [0.15, 0.2) is 76.3 Å². The molecule has 0 unspecified atom stereocenters. The van der Waals surface area contributed by atoms with Gasteiger partial charge in [0, 0.05) is 22.2 Å². The number of esters is 1. The summed E-state index contributed by atoms with van der Waals surface area (Å²) in [5, 5.41) is 14.5. The van der Waals surface area contributed by atoms with Crippen LogP contribution in [-0.2, 0) is 0 Å². The van der Waals surface area contributed by atoms with Crippen LogP contribution < -0.4 is 14.9 Å². The Morgan fingerprint density at radius 3 is 2.28 bits per heavy atom. The first-order valence-electron chi connectivity index (χ1n) is 9.11. The Morgan fingerprint density at radius 1 is 1.00 bits per heavy atom. The van der Waals surface area contributed by atoms with Gasteiger partial charge >= 0.3 is 5.97 Å². The van der Waals surface area contributed by atoms with Gasteiger partial charge in [0.1, 0.15) is 0 Å². The zero-order valence-electron chi connectivity index (χ0n) is 16.7. The monoisotopic (exact) mass is 497 g/mol. The molecule has 0 aliphatic carbocycles. The maximum Gasteiger partial charge on any atom is 0.343 e. The third-order valence-corrected chi connectivity index (χ3v) is 4.72. The van der Waals surface area contributed by atoms with Crippen LogP contribution in [0.4, 0.5) is 5.69 Å². The second kappa shape index (κ2) is 10.3. The minimum absolute atomic E-state index is 0.113. The highest BCUT2D eigenvalue weighted by Crippen LogP contribution is 2.28. The summed E-state index contributed by atoms with van der Waals surface area (Å²) in [7, 11) is 1.43. The molecule has 0 spiro atoms. The van der Waals surface area contributed by atoms with E-state index >= 15 is 0 Å². The first kappa shape index (κ1) is 22.6. The molecule has 0 aliphatic heterocycles. The van der Waals surface area contributed by atoms with Gasteiger partial charge < -0.3 is 9.47 Å². The Bertz CT molecular complexity index is 1180. The number of amides is 1. The average Bonchev–Trinajstić information content (AvgIpc) is 2.80. The molecule has 1 N–H and O–H groups in total. The molecule has 0 radical (unpaired) electrons. The second-order valence-electron chi connectivity index (χ2n) is 6.31. The van der Waals surface area contributed by atoms with Crippen LogP contribution in [0.3, 0.4) is 0 Å². The molecule has 0 fully saturated rings. The van der Waals surface area contributed by atoms with Crippen molar-refractivity contribution in [2.45, 2.75) is 0 Å². The summed E-state index contributed by atoms with van der Waals surface area (Å²) >= 11 is 3.31. The van der Waals surface area contributed by atoms with Gasteiger partial charge in [-0.05, 0) is 60.2 Å². The molecule has 0 heterocycles. The number of carbonyl (C=O) groups is 2. The van der Waals surface area contributed by atoms with E-state index in [9.17, 15) is 19.7 Å². The first-order valence-corrected chi connectivity index (χ1v) is 9.90. The fourth-order valence-electron chi connectivity index (χ4n) is 2.56. The van der Waals surface area contributed by atoms with Gasteiger partial charge in [-0.2, -0.15) is 5.10 Å². The minimum atomic E-state index is -0.549. The number of hydrogen-bond acceptors (Lipinski definition) is 7. The molecule has 3 aromatic carbocycles. The van der Waals surface area contributed by atoms with E-state index in [0.717, 1.165) is 4.47 Å². The predicted octanol–water partition coefficient (Wildman–Crippen LogP) is 4.35. The van der Waals surface area contributed by atoms with Crippen LogP contribution in [0.2, 0.25) is 0 Å². The molecule has 9 nitrogen and oxygen atoms in total. The number of benzene rings is 3. The lowest BCUT2D eigenvalue weighted by Crippen LogP contribution is -2.17. The fourth-order valence-corrected chi connectivity index (χ4v) is 2.82. The molecular weight excluding hydrogens is 482 g/mol. The lowest BCUT2D eigenvalue weighted by Gasteiger charge is -2.10. The molecular formula is C22H16BrN3O6. The molecule has 3 rings (SSSR count). The number of carbonyl (C=O) groups excluding carboxylic acids is 2. The van der Waals surface area contributed by atoms with E-state index < -0.39 is 16.8 Å². The third kappa shape index (κ3) is 5.76. The van der Waals surface area contributed by atoms with Crippen molar-refractivity contribution in [3.63, 3.8) is 0 Å². The van der Waals surface area contributed by atoms with E-state index in [2.05, 4.69) is 26.5 Å². The molecule has 162 valence electrons. The van der Waals surface area contributed by atoms with E-state index in [4.69, 9.17) is 9.47 Å². The molecule has 3 aromatic rings. The number of nitro benzene ring substituents is 1. The Hall–Kier alpha value is -4.05. The van der Waals surface area contributed by atoms with Crippen LogP contribution >= 0.6 is 15.9 Å². The molecule has 0 saturated heterocycles. The van der Waals surface area contributed by atoms with Crippen LogP contribution in [0.1, 0.15) is 26.3 Å². The quantitative estimate of drug-likeness (QED) is 0.170. The number of hydrogen-bond donors (Lipinski definition) is 1. The zero-order valence-corrected chi connectivity index (χ0v) is 18.2. The third-order valence-electron chi connectivity index (χ3n) is 4.19. The van der Waals surface area contributed by atoms with Crippen molar-refractivity contribution in [2.24, 2.45) is 5.10 Å². The number of hydrazone groups is 1. The van der Waals surface area contributed by atoms with Crippen molar-refractivity contribution < 1.29 is 24.0 Å². The summed E-state index contributed by atoms with van der Waals surface area (Å²) in [5.74, 6) is -0.524. The molecule has 0 bridgehead atoms. The van der Waals surface area contributed by atoms with Crippen molar-refractivity contribution in [1.82, 2.24) is 5.43 Å². The summed E-state index contributed by atoms with van der Waals surface area (Å²) in [4.78, 5) is 34.5. The van der Waals surface area contributed by atoms with E-state index in [0.29, 0.717) is 16.9 Å². The van der Waals surface area contributed by atoms with Gasteiger partial charge in [-0.1, -0.05) is 15.9 Å². The molecule has 0 saturated carbocycles. The minimum Gasteiger partial charge on any atom is -0.493 e. The molecule has 10 heteroatoms. The topological polar surface area (TPSA) is 120 Å². The van der Waals surface area contributed by atoms with Gasteiger partial charge in [0.15, 0.2) is 11.5 Å². The first-order chi connectivity index (χ1) is 15.4. The summed E-state index contributed by atoms with van der Waals surface area (Å²) < 4.78 is 11.5. The van der Waals surface area contributed by atoms with Crippen LogP contribution in [0.5, 0.6) is 11.5 Å². The zero-order chi connectivity index (χ0) is 23.1. The Morgan fingerprint density at radius 2 is 1.66 bits per heavy atom. The van der Waals surface area contributed by atoms with Crippen molar-refractivity contribution in [2.75, 3.05) is 7.11 Å². The molecule has 0 aromatic heterocycles. The summed E-state index contributed by atoms with van der Waals surface area (Å²) in [6.07, 6.45) is 1.38. The predicted molar refractivity (Wildman–Crippen MR) is 120 cm³/mol. The number of halogens is 1. The number of methoxy groups -OCH3 is 1. The Labute approximate surface area is 190 Å². The molecule has 0 atom stereocenters. The summed E-state index contributed by atoms with van der Waals surface area (Å²) in [6, 6.07) is 16.6. The number of rotatable bonds is 7. The van der Waals surface area contributed by atoms with Crippen LogP contribution in [0, 0.1) is 10.1 Å². The maximum absolute atomic E-state index is 12.3. The number of nitrogens with one attached hydrogen (secondary N) is 1.